The van der Waals surface area contributed by atoms with Gasteiger partial charge in [0.15, 0.2) is 0 Å². The number of rotatable bonds is 9. The lowest BCUT2D eigenvalue weighted by Crippen LogP contribution is -2.46. The molecule has 13 heteroatoms. The second-order valence-electron chi connectivity index (χ2n) is 9.88. The molecule has 0 spiro atoms. The number of carbonyl (C=O) groups is 2. The Balaban J connectivity index is 0.000000587. The average molecular weight is 598 g/mol. The minimum Gasteiger partial charge on any atom is -0.496 e. The number of alkyl halides is 3. The van der Waals surface area contributed by atoms with Gasteiger partial charge in [0.25, 0.3) is 5.91 Å². The molecular formula is C28H35ClF3N5O4. The second kappa shape index (κ2) is 14.4. The summed E-state index contributed by atoms with van der Waals surface area (Å²) in [6.45, 7) is 5.04. The van der Waals surface area contributed by atoms with Crippen molar-refractivity contribution in [1.29, 1.82) is 0 Å². The largest absolute Gasteiger partial charge is 0.496 e. The Labute approximate surface area is 241 Å². The number of likely N-dealkylation sites (N-methyl/N-ethyl adjacent to an activating group) is 1. The van der Waals surface area contributed by atoms with Crippen LogP contribution in [0.1, 0.15) is 28.8 Å². The zero-order chi connectivity index (χ0) is 30.2. The predicted octanol–water partition coefficient (Wildman–Crippen LogP) is 4.41. The van der Waals surface area contributed by atoms with Crippen LogP contribution in [0.3, 0.4) is 0 Å². The monoisotopic (exact) mass is 597 g/mol. The molecule has 1 aromatic heterocycles. The van der Waals surface area contributed by atoms with E-state index < -0.39 is 12.1 Å². The summed E-state index contributed by atoms with van der Waals surface area (Å²) in [5.41, 5.74) is 9.22. The summed E-state index contributed by atoms with van der Waals surface area (Å²) < 4.78 is 37.0. The number of amides is 1. The fraction of sp³-hybridized carbons (Fsp3) is 0.429. The van der Waals surface area contributed by atoms with Gasteiger partial charge in [-0.25, -0.2) is 4.79 Å². The van der Waals surface area contributed by atoms with E-state index in [4.69, 9.17) is 32.0 Å². The minimum absolute atomic E-state index is 0.143. The van der Waals surface area contributed by atoms with Crippen molar-refractivity contribution < 1.29 is 32.6 Å². The van der Waals surface area contributed by atoms with E-state index in [1.807, 2.05) is 0 Å². The van der Waals surface area contributed by atoms with Gasteiger partial charge in [0, 0.05) is 61.9 Å². The van der Waals surface area contributed by atoms with Crippen LogP contribution >= 0.6 is 11.6 Å². The smallest absolute Gasteiger partial charge is 0.490 e. The molecule has 0 bridgehead atoms. The Kier molecular flexibility index (Phi) is 11.3. The Morgan fingerprint density at radius 3 is 2.51 bits per heavy atom. The van der Waals surface area contributed by atoms with Crippen molar-refractivity contribution in [3.8, 4) is 5.75 Å². The fourth-order valence-electron chi connectivity index (χ4n) is 4.55. The Morgan fingerprint density at radius 2 is 1.88 bits per heavy atom. The van der Waals surface area contributed by atoms with Crippen molar-refractivity contribution in [1.82, 2.24) is 20.1 Å². The first-order valence-corrected chi connectivity index (χ1v) is 13.5. The number of nitrogens with two attached hydrogens (primary N) is 1. The number of nitrogens with zero attached hydrogens (tertiary/aromatic N) is 2. The van der Waals surface area contributed by atoms with Crippen molar-refractivity contribution in [2.24, 2.45) is 0 Å². The van der Waals surface area contributed by atoms with E-state index in [-0.39, 0.29) is 11.9 Å². The van der Waals surface area contributed by atoms with Gasteiger partial charge in [0.05, 0.1) is 23.4 Å². The first-order valence-electron chi connectivity index (χ1n) is 13.1. The number of piperidine rings is 1. The van der Waals surface area contributed by atoms with Gasteiger partial charge in [-0.1, -0.05) is 29.8 Å². The van der Waals surface area contributed by atoms with Crippen molar-refractivity contribution in [3.05, 3.63) is 58.7 Å². The highest BCUT2D eigenvalue weighted by Gasteiger charge is 2.38. The van der Waals surface area contributed by atoms with Gasteiger partial charge in [-0.05, 0) is 44.0 Å². The number of hydrogen-bond acceptors (Lipinski definition) is 6. The summed E-state index contributed by atoms with van der Waals surface area (Å²) >= 11 is 6.11. The van der Waals surface area contributed by atoms with Gasteiger partial charge < -0.3 is 35.7 Å². The number of anilines is 1. The number of aromatic nitrogens is 1. The van der Waals surface area contributed by atoms with Crippen LogP contribution in [0.2, 0.25) is 5.02 Å². The number of likely N-dealkylation sites (tertiary alicyclic amines) is 1. The molecule has 5 N–H and O–H groups in total. The van der Waals surface area contributed by atoms with Crippen LogP contribution in [0.15, 0.2) is 42.6 Å². The summed E-state index contributed by atoms with van der Waals surface area (Å²) in [6.07, 6.45) is -0.0651. The number of carboxylic acids is 1. The molecule has 0 unspecified atom stereocenters. The second-order valence-corrected chi connectivity index (χ2v) is 10.3. The molecule has 0 radical (unpaired) electrons. The third-order valence-electron chi connectivity index (χ3n) is 6.96. The standard InChI is InChI=1S/C26H34ClN5O2.C2HF3O2/c1-31(10-7-18-17-29-24-6-4-3-5-20(18)24)13-14-32-11-8-19(9-12-32)30-26(33)21-15-22(27)23(28)16-25(21)34-2;3-2(4,5)1(6)7/h3-6,15-17,19,29H,7-14,28H2,1-2H3,(H,30,33);(H,6,7). The highest BCUT2D eigenvalue weighted by Crippen LogP contribution is 2.29. The molecule has 1 amide bonds. The van der Waals surface area contributed by atoms with E-state index in [0.29, 0.717) is 22.0 Å². The van der Waals surface area contributed by atoms with E-state index >= 15 is 0 Å². The van der Waals surface area contributed by atoms with Gasteiger partial charge in [-0.15, -0.1) is 0 Å². The Hall–Kier alpha value is -3.48. The highest BCUT2D eigenvalue weighted by atomic mass is 35.5. The van der Waals surface area contributed by atoms with Crippen LogP contribution in [0.4, 0.5) is 18.9 Å². The molecule has 1 aliphatic rings. The third-order valence-corrected chi connectivity index (χ3v) is 7.29. The molecule has 1 aliphatic heterocycles. The van der Waals surface area contributed by atoms with Crippen LogP contribution < -0.4 is 15.8 Å². The van der Waals surface area contributed by atoms with E-state index in [2.05, 4.69) is 57.6 Å². The Bertz CT molecular complexity index is 1330. The number of carbonyl (C=O) groups excluding carboxylic acids is 1. The zero-order valence-corrected chi connectivity index (χ0v) is 23.7. The normalized spacial score (nSPS) is 14.5. The van der Waals surface area contributed by atoms with E-state index in [0.717, 1.165) is 52.0 Å². The molecule has 2 heterocycles. The number of aromatic amines is 1. The summed E-state index contributed by atoms with van der Waals surface area (Å²) in [6, 6.07) is 11.8. The average Bonchev–Trinajstić information content (AvgIpc) is 3.35. The maximum atomic E-state index is 12.8. The lowest BCUT2D eigenvalue weighted by molar-refractivity contribution is -0.192. The van der Waals surface area contributed by atoms with Gasteiger partial charge >= 0.3 is 12.1 Å². The molecule has 2 aromatic carbocycles. The van der Waals surface area contributed by atoms with Crippen molar-refractivity contribution in [2.45, 2.75) is 31.5 Å². The number of fused-ring (bicyclic) bond motifs is 1. The van der Waals surface area contributed by atoms with Gasteiger partial charge in [-0.3, -0.25) is 4.79 Å². The quantitative estimate of drug-likeness (QED) is 0.269. The van der Waals surface area contributed by atoms with Gasteiger partial charge in [-0.2, -0.15) is 13.2 Å². The zero-order valence-electron chi connectivity index (χ0n) is 22.9. The topological polar surface area (TPSA) is 124 Å². The molecule has 0 saturated carbocycles. The number of halogens is 4. The molecule has 41 heavy (non-hydrogen) atoms. The number of carboxylic acid groups (broad SMARTS) is 1. The van der Waals surface area contributed by atoms with Crippen LogP contribution in [-0.2, 0) is 11.2 Å². The number of nitrogens with one attached hydrogen (secondary N) is 2. The minimum atomic E-state index is -5.08. The number of ether oxygens (including phenoxy) is 1. The van der Waals surface area contributed by atoms with E-state index in [1.54, 1.807) is 12.1 Å². The molecule has 4 rings (SSSR count). The first kappa shape index (κ1) is 32.0. The molecule has 3 aromatic rings. The number of nitrogen functional groups attached to an aromatic ring is 1. The summed E-state index contributed by atoms with van der Waals surface area (Å²) in [7, 11) is 3.71. The van der Waals surface area contributed by atoms with Crippen LogP contribution in [-0.4, -0.2) is 90.9 Å². The number of benzene rings is 2. The summed E-state index contributed by atoms with van der Waals surface area (Å²) in [5, 5.41) is 11.9. The van der Waals surface area contributed by atoms with Crippen LogP contribution in [0.25, 0.3) is 10.9 Å². The van der Waals surface area contributed by atoms with E-state index in [1.165, 1.54) is 23.6 Å². The van der Waals surface area contributed by atoms with Crippen LogP contribution in [0, 0.1) is 0 Å². The molecule has 0 aliphatic carbocycles. The maximum Gasteiger partial charge on any atom is 0.490 e. The Morgan fingerprint density at radius 1 is 1.22 bits per heavy atom. The summed E-state index contributed by atoms with van der Waals surface area (Å²) in [4.78, 5) is 29.9. The van der Waals surface area contributed by atoms with Crippen molar-refractivity contribution >= 4 is 40.1 Å². The molecule has 0 atom stereocenters. The van der Waals surface area contributed by atoms with Gasteiger partial charge in [0.1, 0.15) is 5.75 Å². The number of H-pyrrole nitrogens is 1. The number of hydrogen-bond donors (Lipinski definition) is 4. The van der Waals surface area contributed by atoms with Crippen LogP contribution in [0.5, 0.6) is 5.75 Å². The van der Waals surface area contributed by atoms with Crippen molar-refractivity contribution in [2.75, 3.05) is 52.6 Å². The number of methoxy groups -OCH3 is 1. The molecule has 1 saturated heterocycles. The SMILES string of the molecule is COc1cc(N)c(Cl)cc1C(=O)NC1CCN(CCN(C)CCc2c[nH]c3ccccc23)CC1.O=C(O)C(F)(F)F. The number of aliphatic carboxylic acids is 1. The van der Waals surface area contributed by atoms with Gasteiger partial charge in [0.2, 0.25) is 0 Å². The fourth-order valence-corrected chi connectivity index (χ4v) is 4.72. The molecule has 1 fully saturated rings. The van der Waals surface area contributed by atoms with E-state index in [9.17, 15) is 18.0 Å². The molecule has 9 nitrogen and oxygen atoms in total. The third kappa shape index (κ3) is 9.27. The number of para-hydroxylation sites is 1. The van der Waals surface area contributed by atoms with Crippen molar-refractivity contribution in [3.63, 3.8) is 0 Å². The lowest BCUT2D eigenvalue weighted by atomic mass is 10.0. The lowest BCUT2D eigenvalue weighted by Gasteiger charge is -2.33. The molecule has 224 valence electrons. The summed E-state index contributed by atoms with van der Waals surface area (Å²) in [5.74, 6) is -2.49. The maximum absolute atomic E-state index is 12.8. The predicted molar refractivity (Wildman–Crippen MR) is 153 cm³/mol. The highest BCUT2D eigenvalue weighted by molar-refractivity contribution is 6.33. The first-order chi connectivity index (χ1) is 19.4. The molecular weight excluding hydrogens is 563 g/mol.